The first-order valence-corrected chi connectivity index (χ1v) is 20.4. The van der Waals surface area contributed by atoms with Crippen molar-refractivity contribution in [3.8, 4) is 73.8 Å². The summed E-state index contributed by atoms with van der Waals surface area (Å²) < 4.78 is 39.9. The molecule has 0 unspecified atom stereocenters. The Kier molecular flexibility index (Phi) is 8.89. The van der Waals surface area contributed by atoms with Gasteiger partial charge in [-0.1, -0.05) is 97.1 Å². The summed E-state index contributed by atoms with van der Waals surface area (Å²) in [5, 5.41) is 21.7. The second-order valence-corrected chi connectivity index (χ2v) is 15.5. The average Bonchev–Trinajstić information content (AvgIpc) is 3.65. The summed E-state index contributed by atoms with van der Waals surface area (Å²) in [5.74, 6) is 0.336. The van der Waals surface area contributed by atoms with Gasteiger partial charge in [-0.2, -0.15) is 10.5 Å². The molecule has 0 fully saturated rings. The molecule has 9 aromatic carbocycles. The van der Waals surface area contributed by atoms with Gasteiger partial charge in [0.05, 0.1) is 57.0 Å². The quantitative estimate of drug-likeness (QED) is 0.168. The predicted molar refractivity (Wildman–Crippen MR) is 247 cm³/mol. The summed E-state index contributed by atoms with van der Waals surface area (Å²) in [6.45, 7) is 0. The lowest BCUT2D eigenvalue weighted by Crippen LogP contribution is -2.18. The van der Waals surface area contributed by atoms with Gasteiger partial charge in [-0.15, -0.1) is 0 Å². The van der Waals surface area contributed by atoms with E-state index in [0.717, 1.165) is 66.7 Å². The van der Waals surface area contributed by atoms with Crippen molar-refractivity contribution >= 4 is 38.9 Å². The van der Waals surface area contributed by atoms with Gasteiger partial charge < -0.3 is 14.2 Å². The van der Waals surface area contributed by atoms with Crippen molar-refractivity contribution in [3.63, 3.8) is 0 Å². The average molecular weight is 815 g/mol. The van der Waals surface area contributed by atoms with Gasteiger partial charge >= 0.3 is 0 Å². The van der Waals surface area contributed by atoms with Crippen LogP contribution in [0.15, 0.2) is 194 Å². The zero-order valence-electron chi connectivity index (χ0n) is 33.4. The number of nitriles is 2. The van der Waals surface area contributed by atoms with Crippen molar-refractivity contribution in [1.29, 1.82) is 10.5 Å². The van der Waals surface area contributed by atoms with E-state index in [-0.39, 0.29) is 0 Å². The first-order chi connectivity index (χ1) is 30.9. The second kappa shape index (κ2) is 15.0. The highest BCUT2D eigenvalue weighted by atomic mass is 19.1. The van der Waals surface area contributed by atoms with Crippen LogP contribution in [0, 0.1) is 34.3 Å². The van der Waals surface area contributed by atoms with Crippen LogP contribution in [-0.2, 0) is 0 Å². The maximum absolute atomic E-state index is 15.6. The number of fused-ring (bicyclic) bond motifs is 5. The van der Waals surface area contributed by atoms with Crippen LogP contribution in [0.1, 0.15) is 11.1 Å². The molecule has 1 aliphatic heterocycles. The first-order valence-electron chi connectivity index (χ1n) is 20.4. The standard InChI is InChI=1S/C56H32F2N4O/c57-43-19-21-45-46-22-20-44(58)30-50(46)61(49(45)29-43)51-31-47(41-15-7-9-35(25-41)33-59)48(42-16-8-10-36(26-42)34-60)32-52(51)62-53-27-39(37-11-3-1-4-12-37)17-23-55(53)63-56-24-18-40(28-54(56)62)38-13-5-2-6-14-38/h1-32H. The maximum Gasteiger partial charge on any atom is 0.151 e. The molecular formula is C56H32F2N4O. The van der Waals surface area contributed by atoms with Gasteiger partial charge in [0.15, 0.2) is 11.5 Å². The van der Waals surface area contributed by atoms with Gasteiger partial charge in [0.1, 0.15) is 11.6 Å². The Labute approximate surface area is 361 Å². The first kappa shape index (κ1) is 37.2. The third kappa shape index (κ3) is 6.44. The van der Waals surface area contributed by atoms with Gasteiger partial charge in [0.25, 0.3) is 0 Å². The zero-order chi connectivity index (χ0) is 42.6. The second-order valence-electron chi connectivity index (χ2n) is 15.5. The molecule has 0 saturated carbocycles. The maximum atomic E-state index is 15.6. The van der Waals surface area contributed by atoms with Crippen LogP contribution in [0.4, 0.5) is 25.8 Å². The number of aromatic nitrogens is 1. The summed E-state index contributed by atoms with van der Waals surface area (Å²) in [7, 11) is 0. The summed E-state index contributed by atoms with van der Waals surface area (Å²) in [6.07, 6.45) is 0. The van der Waals surface area contributed by atoms with Crippen LogP contribution in [0.25, 0.3) is 72.0 Å². The molecule has 0 amide bonds. The number of hydrogen-bond acceptors (Lipinski definition) is 4. The van der Waals surface area contributed by atoms with E-state index in [4.69, 9.17) is 4.74 Å². The largest absolute Gasteiger partial charge is 0.453 e. The summed E-state index contributed by atoms with van der Waals surface area (Å²) in [4.78, 5) is 2.17. The fourth-order valence-corrected chi connectivity index (χ4v) is 8.83. The number of rotatable bonds is 6. The van der Waals surface area contributed by atoms with Gasteiger partial charge in [-0.3, -0.25) is 0 Å². The zero-order valence-corrected chi connectivity index (χ0v) is 33.4. The Morgan fingerprint density at radius 3 is 1.32 bits per heavy atom. The van der Waals surface area contributed by atoms with Crippen molar-refractivity contribution in [2.75, 3.05) is 4.90 Å². The fraction of sp³-hybridized carbons (Fsp3) is 0. The van der Waals surface area contributed by atoms with E-state index >= 15 is 8.78 Å². The Morgan fingerprint density at radius 2 is 0.841 bits per heavy atom. The van der Waals surface area contributed by atoms with E-state index in [1.807, 2.05) is 108 Å². The minimum Gasteiger partial charge on any atom is -0.453 e. The highest BCUT2D eigenvalue weighted by Crippen LogP contribution is 2.55. The molecule has 11 rings (SSSR count). The fourth-order valence-electron chi connectivity index (χ4n) is 8.83. The Balaban J connectivity index is 1.32. The van der Waals surface area contributed by atoms with Gasteiger partial charge in [-0.25, -0.2) is 8.78 Å². The predicted octanol–water partition coefficient (Wildman–Crippen LogP) is 15.0. The summed E-state index contributed by atoms with van der Waals surface area (Å²) >= 11 is 0. The molecule has 0 saturated heterocycles. The molecule has 0 radical (unpaired) electrons. The van der Waals surface area contributed by atoms with Crippen molar-refractivity contribution < 1.29 is 13.5 Å². The highest BCUT2D eigenvalue weighted by Gasteiger charge is 2.31. The van der Waals surface area contributed by atoms with Crippen molar-refractivity contribution in [1.82, 2.24) is 4.57 Å². The molecular weight excluding hydrogens is 783 g/mol. The number of ether oxygens (including phenoxy) is 1. The summed E-state index contributed by atoms with van der Waals surface area (Å²) in [6, 6.07) is 65.3. The third-order valence-corrected chi connectivity index (χ3v) is 11.7. The lowest BCUT2D eigenvalue weighted by molar-refractivity contribution is 0.477. The lowest BCUT2D eigenvalue weighted by atomic mass is 9.91. The SMILES string of the molecule is N#Cc1cccc(-c2cc(N3c4cc(-c5ccccc5)ccc4Oc4ccc(-c5ccccc5)cc43)c(-n3c4cc(F)ccc4c4ccc(F)cc43)cc2-c2cccc(C#N)c2)c1. The number of hydrogen-bond donors (Lipinski definition) is 0. The minimum absolute atomic E-state index is 0.442. The third-order valence-electron chi connectivity index (χ3n) is 11.7. The normalized spacial score (nSPS) is 11.7. The van der Waals surface area contributed by atoms with Crippen molar-refractivity contribution in [2.24, 2.45) is 0 Å². The number of nitrogens with zero attached hydrogens (tertiary/aromatic N) is 4. The van der Waals surface area contributed by atoms with Crippen LogP contribution >= 0.6 is 0 Å². The van der Waals surface area contributed by atoms with E-state index in [1.54, 1.807) is 24.3 Å². The number of anilines is 3. The Morgan fingerprint density at radius 1 is 0.381 bits per heavy atom. The number of benzene rings is 9. The van der Waals surface area contributed by atoms with Gasteiger partial charge in [0, 0.05) is 10.8 Å². The molecule has 0 aliphatic carbocycles. The molecule has 1 aliphatic rings. The molecule has 0 bridgehead atoms. The molecule has 10 aromatic rings. The molecule has 5 nitrogen and oxygen atoms in total. The highest BCUT2D eigenvalue weighted by molar-refractivity contribution is 6.10. The Hall–Kier alpha value is -8.78. The van der Waals surface area contributed by atoms with Crippen molar-refractivity contribution in [3.05, 3.63) is 217 Å². The van der Waals surface area contributed by atoms with Crippen LogP contribution in [-0.4, -0.2) is 4.57 Å². The molecule has 1 aromatic heterocycles. The number of halogens is 2. The van der Waals surface area contributed by atoms with Crippen LogP contribution < -0.4 is 9.64 Å². The van der Waals surface area contributed by atoms with Crippen LogP contribution in [0.2, 0.25) is 0 Å². The van der Waals surface area contributed by atoms with E-state index in [1.165, 1.54) is 24.3 Å². The van der Waals surface area contributed by atoms with Gasteiger partial charge in [-0.05, 0) is 142 Å². The van der Waals surface area contributed by atoms with E-state index < -0.39 is 11.6 Å². The topological polar surface area (TPSA) is 65.0 Å². The molecule has 296 valence electrons. The monoisotopic (exact) mass is 814 g/mol. The van der Waals surface area contributed by atoms with E-state index in [2.05, 4.69) is 59.5 Å². The smallest absolute Gasteiger partial charge is 0.151 e. The van der Waals surface area contributed by atoms with E-state index in [0.29, 0.717) is 45.0 Å². The van der Waals surface area contributed by atoms with Crippen LogP contribution in [0.5, 0.6) is 11.5 Å². The molecule has 0 spiro atoms. The lowest BCUT2D eigenvalue weighted by Gasteiger charge is -2.35. The Bertz CT molecular complexity index is 3400. The van der Waals surface area contributed by atoms with Gasteiger partial charge in [0.2, 0.25) is 0 Å². The van der Waals surface area contributed by atoms with E-state index in [9.17, 15) is 10.5 Å². The molecule has 2 heterocycles. The molecule has 7 heteroatoms. The summed E-state index contributed by atoms with van der Waals surface area (Å²) in [5.41, 5.74) is 11.8. The van der Waals surface area contributed by atoms with Crippen LogP contribution in [0.3, 0.4) is 0 Å². The molecule has 63 heavy (non-hydrogen) atoms. The molecule has 0 N–H and O–H groups in total. The minimum atomic E-state index is -0.442. The molecule has 0 atom stereocenters. The van der Waals surface area contributed by atoms with Crippen molar-refractivity contribution in [2.45, 2.75) is 0 Å².